The predicted octanol–water partition coefficient (Wildman–Crippen LogP) is 4.55. The van der Waals surface area contributed by atoms with Gasteiger partial charge in [0.1, 0.15) is 0 Å². The summed E-state index contributed by atoms with van der Waals surface area (Å²) in [5, 5.41) is 1.15. The summed E-state index contributed by atoms with van der Waals surface area (Å²) in [5.74, 6) is 0. The zero-order valence-electron chi connectivity index (χ0n) is 12.7. The van der Waals surface area contributed by atoms with E-state index in [9.17, 15) is 4.79 Å². The van der Waals surface area contributed by atoms with Gasteiger partial charge in [0.15, 0.2) is 0 Å². The van der Waals surface area contributed by atoms with Gasteiger partial charge in [0.05, 0.1) is 0 Å². The molecule has 1 saturated carbocycles. The SMILES string of the molecule is Cc1c(C2(c3ccccc3)CCC2)c(=O)[nH]c2ccccc12.[HH]. The first-order chi connectivity index (χ1) is 10.7. The fourth-order valence-corrected chi connectivity index (χ4v) is 3.96. The number of nitrogens with one attached hydrogen (secondary N) is 1. The molecule has 2 nitrogen and oxygen atoms in total. The second-order valence-corrected chi connectivity index (χ2v) is 6.30. The van der Waals surface area contributed by atoms with E-state index in [1.54, 1.807) is 0 Å². The van der Waals surface area contributed by atoms with E-state index in [2.05, 4.69) is 42.2 Å². The van der Waals surface area contributed by atoms with Gasteiger partial charge in [0, 0.05) is 23.3 Å². The van der Waals surface area contributed by atoms with Gasteiger partial charge >= 0.3 is 0 Å². The van der Waals surface area contributed by atoms with Gasteiger partial charge in [-0.05, 0) is 37.0 Å². The van der Waals surface area contributed by atoms with E-state index in [-0.39, 0.29) is 12.4 Å². The lowest BCUT2D eigenvalue weighted by Gasteiger charge is -2.43. The molecule has 2 heteroatoms. The van der Waals surface area contributed by atoms with E-state index < -0.39 is 0 Å². The average molecular weight is 291 g/mol. The molecule has 1 N–H and O–H groups in total. The summed E-state index contributed by atoms with van der Waals surface area (Å²) in [6.45, 7) is 2.09. The lowest BCUT2D eigenvalue weighted by Crippen LogP contribution is -2.41. The molecule has 4 rings (SSSR count). The topological polar surface area (TPSA) is 32.9 Å². The smallest absolute Gasteiger partial charge is 0.252 e. The standard InChI is InChI=1S/C20H19NO.H2/c1-14-16-10-5-6-11-17(16)21-19(22)18(14)20(12-7-13-20)15-8-3-2-4-9-15;/h2-6,8-11H,7,12-13H2,1H3,(H,21,22);1H. The molecule has 1 aliphatic carbocycles. The molecule has 1 heterocycles. The highest BCUT2D eigenvalue weighted by Gasteiger charge is 2.43. The van der Waals surface area contributed by atoms with E-state index >= 15 is 0 Å². The van der Waals surface area contributed by atoms with Crippen LogP contribution in [0.4, 0.5) is 0 Å². The molecule has 0 saturated heterocycles. The third-order valence-corrected chi connectivity index (χ3v) is 5.19. The number of aromatic nitrogens is 1. The molecule has 22 heavy (non-hydrogen) atoms. The fourth-order valence-electron chi connectivity index (χ4n) is 3.96. The van der Waals surface area contributed by atoms with Crippen molar-refractivity contribution in [3.05, 3.63) is 81.6 Å². The highest BCUT2D eigenvalue weighted by Crippen LogP contribution is 2.49. The van der Waals surface area contributed by atoms with Crippen molar-refractivity contribution in [2.75, 3.05) is 0 Å². The summed E-state index contributed by atoms with van der Waals surface area (Å²) < 4.78 is 0. The molecule has 0 bridgehead atoms. The third-order valence-electron chi connectivity index (χ3n) is 5.19. The van der Waals surface area contributed by atoms with Crippen LogP contribution in [0.2, 0.25) is 0 Å². The number of fused-ring (bicyclic) bond motifs is 1. The van der Waals surface area contributed by atoms with Crippen LogP contribution in [-0.2, 0) is 5.41 Å². The number of rotatable bonds is 2. The summed E-state index contributed by atoms with van der Waals surface area (Å²) in [6.07, 6.45) is 3.29. The van der Waals surface area contributed by atoms with Crippen molar-refractivity contribution < 1.29 is 1.43 Å². The van der Waals surface area contributed by atoms with Gasteiger partial charge in [-0.25, -0.2) is 0 Å². The fraction of sp³-hybridized carbons (Fsp3) is 0.250. The molecule has 0 unspecified atom stereocenters. The lowest BCUT2D eigenvalue weighted by atomic mass is 9.60. The van der Waals surface area contributed by atoms with Crippen LogP contribution in [0.15, 0.2) is 59.4 Å². The van der Waals surface area contributed by atoms with E-state index in [0.717, 1.165) is 34.9 Å². The van der Waals surface area contributed by atoms with Crippen molar-refractivity contribution in [3.8, 4) is 0 Å². The maximum atomic E-state index is 12.8. The zero-order chi connectivity index (χ0) is 15.2. The van der Waals surface area contributed by atoms with Crippen LogP contribution < -0.4 is 5.56 Å². The molecule has 1 fully saturated rings. The first-order valence-corrected chi connectivity index (χ1v) is 7.90. The van der Waals surface area contributed by atoms with Gasteiger partial charge in [-0.1, -0.05) is 55.0 Å². The molecule has 112 valence electrons. The number of aryl methyl sites for hydroxylation is 1. The van der Waals surface area contributed by atoms with Crippen molar-refractivity contribution in [1.29, 1.82) is 0 Å². The molecule has 3 aromatic rings. The lowest BCUT2D eigenvalue weighted by molar-refractivity contribution is 0.298. The molecule has 2 aromatic carbocycles. The molecule has 0 aliphatic heterocycles. The maximum Gasteiger partial charge on any atom is 0.252 e. The number of hydrogen-bond acceptors (Lipinski definition) is 1. The van der Waals surface area contributed by atoms with Crippen molar-refractivity contribution in [1.82, 2.24) is 4.98 Å². The van der Waals surface area contributed by atoms with Crippen LogP contribution >= 0.6 is 0 Å². The normalized spacial score (nSPS) is 16.4. The Hall–Kier alpha value is -2.35. The number of pyridine rings is 1. The Morgan fingerprint density at radius 2 is 1.68 bits per heavy atom. The summed E-state index contributed by atoms with van der Waals surface area (Å²) in [7, 11) is 0. The molecule has 1 aliphatic rings. The van der Waals surface area contributed by atoms with Crippen LogP contribution in [0.25, 0.3) is 10.9 Å². The van der Waals surface area contributed by atoms with Gasteiger partial charge in [0.2, 0.25) is 0 Å². The van der Waals surface area contributed by atoms with Crippen LogP contribution in [0.3, 0.4) is 0 Å². The highest BCUT2D eigenvalue weighted by atomic mass is 16.1. The second-order valence-electron chi connectivity index (χ2n) is 6.30. The molecular formula is C20H21NO. The average Bonchev–Trinajstić information content (AvgIpc) is 2.50. The molecular weight excluding hydrogens is 270 g/mol. The minimum Gasteiger partial charge on any atom is -0.322 e. The Labute approximate surface area is 131 Å². The predicted molar refractivity (Wildman–Crippen MR) is 92.5 cm³/mol. The van der Waals surface area contributed by atoms with Crippen molar-refractivity contribution in [3.63, 3.8) is 0 Å². The van der Waals surface area contributed by atoms with E-state index in [4.69, 9.17) is 0 Å². The molecule has 0 amide bonds. The quantitative estimate of drug-likeness (QED) is 0.738. The number of aromatic amines is 1. The van der Waals surface area contributed by atoms with E-state index in [1.165, 1.54) is 12.0 Å². The Morgan fingerprint density at radius 1 is 1.00 bits per heavy atom. The van der Waals surface area contributed by atoms with E-state index in [1.807, 2.05) is 24.3 Å². The van der Waals surface area contributed by atoms with Gasteiger partial charge in [0.25, 0.3) is 5.56 Å². The monoisotopic (exact) mass is 291 g/mol. The molecule has 0 radical (unpaired) electrons. The Balaban J connectivity index is 0.00000156. The largest absolute Gasteiger partial charge is 0.322 e. The van der Waals surface area contributed by atoms with Gasteiger partial charge in [-0.2, -0.15) is 0 Å². The number of benzene rings is 2. The minimum atomic E-state index is -0.108. The van der Waals surface area contributed by atoms with Crippen LogP contribution in [0.1, 0.15) is 37.4 Å². The van der Waals surface area contributed by atoms with Crippen LogP contribution in [0, 0.1) is 6.92 Å². The van der Waals surface area contributed by atoms with Gasteiger partial charge in [-0.15, -0.1) is 0 Å². The van der Waals surface area contributed by atoms with Gasteiger partial charge in [-0.3, -0.25) is 4.79 Å². The summed E-state index contributed by atoms with van der Waals surface area (Å²) in [5.41, 5.74) is 4.25. The maximum absolute atomic E-state index is 12.8. The van der Waals surface area contributed by atoms with E-state index in [0.29, 0.717) is 0 Å². The summed E-state index contributed by atoms with van der Waals surface area (Å²) in [6, 6.07) is 18.6. The van der Waals surface area contributed by atoms with Crippen molar-refractivity contribution in [2.45, 2.75) is 31.6 Å². The highest BCUT2D eigenvalue weighted by molar-refractivity contribution is 5.83. The first-order valence-electron chi connectivity index (χ1n) is 7.90. The second kappa shape index (κ2) is 4.84. The van der Waals surface area contributed by atoms with Crippen LogP contribution in [-0.4, -0.2) is 4.98 Å². The van der Waals surface area contributed by atoms with Crippen molar-refractivity contribution in [2.24, 2.45) is 0 Å². The van der Waals surface area contributed by atoms with Crippen LogP contribution in [0.5, 0.6) is 0 Å². The summed E-state index contributed by atoms with van der Waals surface area (Å²) in [4.78, 5) is 15.9. The number of hydrogen-bond donors (Lipinski definition) is 1. The minimum absolute atomic E-state index is 0. The third kappa shape index (κ3) is 1.77. The molecule has 0 atom stereocenters. The number of para-hydroxylation sites is 1. The number of H-pyrrole nitrogens is 1. The van der Waals surface area contributed by atoms with Gasteiger partial charge < -0.3 is 4.98 Å². The van der Waals surface area contributed by atoms with Crippen molar-refractivity contribution >= 4 is 10.9 Å². The first kappa shape index (κ1) is 13.3. The zero-order valence-corrected chi connectivity index (χ0v) is 12.7. The molecule has 1 aromatic heterocycles. The molecule has 0 spiro atoms. The Bertz CT molecular complexity index is 894. The summed E-state index contributed by atoms with van der Waals surface area (Å²) >= 11 is 0. The Kier molecular flexibility index (Phi) is 2.93. The Morgan fingerprint density at radius 3 is 2.36 bits per heavy atom.